The third-order valence-corrected chi connectivity index (χ3v) is 12.4. The molecule has 13 atom stereocenters. The lowest BCUT2D eigenvalue weighted by Gasteiger charge is -2.25. The number of fused-ring (bicyclic) bond motifs is 1. The topological polar surface area (TPSA) is 472 Å². The third-order valence-electron chi connectivity index (χ3n) is 9.87. The molecule has 7 rings (SSSR count). The van der Waals surface area contributed by atoms with Crippen LogP contribution in [0.4, 0.5) is 11.8 Å². The monoisotopic (exact) mass is 972 g/mol. The molecule has 32 nitrogen and oxygen atoms in total. The Morgan fingerprint density at radius 2 is 1.42 bits per heavy atom. The van der Waals surface area contributed by atoms with Crippen molar-refractivity contribution in [2.24, 2.45) is 0 Å². The number of aliphatic hydroxyl groups is 3. The van der Waals surface area contributed by atoms with E-state index >= 15 is 0 Å². The Hall–Kier alpha value is -4.40. The van der Waals surface area contributed by atoms with Crippen LogP contribution in [0.5, 0.6) is 0 Å². The molecular weight excluding hydrogens is 933 g/mol. The number of phosphoric ester groups is 3. The zero-order valence-corrected chi connectivity index (χ0v) is 35.1. The van der Waals surface area contributed by atoms with Gasteiger partial charge in [-0.05, 0) is 13.0 Å². The second-order valence-corrected chi connectivity index (χ2v) is 18.3. The Bertz CT molecular complexity index is 2780. The maximum atomic E-state index is 13.4. The molecule has 352 valence electrons. The summed E-state index contributed by atoms with van der Waals surface area (Å²) in [5.74, 6) is -0.550. The van der Waals surface area contributed by atoms with Crippen LogP contribution in [0.3, 0.4) is 0 Å². The van der Waals surface area contributed by atoms with Crippen molar-refractivity contribution in [2.45, 2.75) is 80.9 Å². The highest BCUT2D eigenvalue weighted by Crippen LogP contribution is 2.52. The Morgan fingerprint density at radius 3 is 2.11 bits per heavy atom. The van der Waals surface area contributed by atoms with Crippen molar-refractivity contribution >= 4 is 46.4 Å². The quantitative estimate of drug-likeness (QED) is 0.0473. The molecule has 0 spiro atoms. The number of nitrogens with zero attached hydrogens (tertiary/aromatic N) is 6. The van der Waals surface area contributed by atoms with E-state index in [1.807, 2.05) is 4.98 Å². The average molecular weight is 973 g/mol. The maximum Gasteiger partial charge on any atom is 0.472 e. The highest BCUT2D eigenvalue weighted by atomic mass is 31.2. The smallest absolute Gasteiger partial charge is 0.387 e. The Labute approximate surface area is 354 Å². The molecule has 0 radical (unpaired) electrons. The number of hydrogen-bond acceptors (Lipinski definition) is 23. The minimum Gasteiger partial charge on any atom is -0.387 e. The van der Waals surface area contributed by atoms with E-state index in [0.29, 0.717) is 4.57 Å². The van der Waals surface area contributed by atoms with Crippen molar-refractivity contribution in [3.8, 4) is 0 Å². The number of nitrogens with two attached hydrogens (primary N) is 2. The van der Waals surface area contributed by atoms with Gasteiger partial charge in [-0.25, -0.2) is 28.3 Å². The van der Waals surface area contributed by atoms with Crippen molar-refractivity contribution in [2.75, 3.05) is 31.3 Å². The largest absolute Gasteiger partial charge is 0.472 e. The van der Waals surface area contributed by atoms with Gasteiger partial charge in [-0.1, -0.05) is 0 Å². The van der Waals surface area contributed by atoms with Gasteiger partial charge in [0.25, 0.3) is 11.1 Å². The van der Waals surface area contributed by atoms with Crippen LogP contribution in [-0.2, 0) is 50.5 Å². The van der Waals surface area contributed by atoms with Crippen LogP contribution in [0.1, 0.15) is 30.7 Å². The minimum atomic E-state index is -5.44. The normalized spacial score (nSPS) is 30.5. The summed E-state index contributed by atoms with van der Waals surface area (Å²) in [5, 5.41) is 32.8. The van der Waals surface area contributed by atoms with Gasteiger partial charge in [0, 0.05) is 24.4 Å². The van der Waals surface area contributed by atoms with Crippen LogP contribution >= 0.6 is 23.5 Å². The van der Waals surface area contributed by atoms with Crippen LogP contribution in [-0.4, -0.2) is 142 Å². The zero-order valence-electron chi connectivity index (χ0n) is 32.4. The molecule has 2 unspecified atom stereocenters. The lowest BCUT2D eigenvalue weighted by Crippen LogP contribution is -2.38. The number of nitrogens with one attached hydrogen (secondary N) is 2. The number of H-pyrrole nitrogens is 2. The van der Waals surface area contributed by atoms with E-state index in [1.54, 1.807) is 0 Å². The number of aryl methyl sites for hydroxylation is 1. The highest BCUT2D eigenvalue weighted by molar-refractivity contribution is 7.47. The molecule has 35 heteroatoms. The van der Waals surface area contributed by atoms with Crippen LogP contribution in [0.2, 0.25) is 0 Å². The molecule has 3 aliphatic rings. The van der Waals surface area contributed by atoms with Gasteiger partial charge < -0.3 is 60.6 Å². The first-order valence-electron chi connectivity index (χ1n) is 18.3. The molecule has 3 aliphatic heterocycles. The van der Waals surface area contributed by atoms with Gasteiger partial charge in [0.05, 0.1) is 26.1 Å². The number of hydrogen-bond donors (Lipinski definition) is 11. The molecular formula is C29H39N10O22P3. The van der Waals surface area contributed by atoms with E-state index in [0.717, 1.165) is 33.9 Å². The number of rotatable bonds is 16. The molecule has 4 aromatic rings. The highest BCUT2D eigenvalue weighted by Gasteiger charge is 2.52. The lowest BCUT2D eigenvalue weighted by atomic mass is 10.1. The second kappa shape index (κ2) is 18.1. The van der Waals surface area contributed by atoms with E-state index in [-0.39, 0.29) is 28.5 Å². The van der Waals surface area contributed by atoms with Gasteiger partial charge in [-0.15, -0.1) is 0 Å². The Morgan fingerprint density at radius 1 is 0.781 bits per heavy atom. The van der Waals surface area contributed by atoms with Gasteiger partial charge in [0.15, 0.2) is 23.6 Å². The Kier molecular flexibility index (Phi) is 13.5. The van der Waals surface area contributed by atoms with Crippen molar-refractivity contribution in [1.82, 2.24) is 38.6 Å². The van der Waals surface area contributed by atoms with Crippen LogP contribution in [0, 0.1) is 6.92 Å². The number of phosphoric acid groups is 3. The number of ether oxygens (including phenoxy) is 3. The van der Waals surface area contributed by atoms with Gasteiger partial charge in [-0.2, -0.15) is 9.97 Å². The maximum absolute atomic E-state index is 13.4. The third kappa shape index (κ3) is 10.3. The Balaban J connectivity index is 1.06. The molecule has 13 N–H and O–H groups in total. The minimum absolute atomic E-state index is 0.0515. The number of aromatic amines is 2. The second-order valence-electron chi connectivity index (χ2n) is 14.3. The first kappa shape index (κ1) is 47.6. The van der Waals surface area contributed by atoms with Gasteiger partial charge in [0.2, 0.25) is 5.95 Å². The number of nitrogen functional groups attached to an aromatic ring is 2. The fourth-order valence-corrected chi connectivity index (χ4v) is 9.15. The standard InChI is InChI=1S/C29H39N10O22P3/c1-10-5-38(29(46)36-23(10)43)16-4-11(12(57-16)6-54-62(47,48)49)60-63(50,51)56-8-14-21(20(42)26(59-14)37-3-2-15(30)33-28(37)45)61-64(52,53)55-7-13-18(40)19(41)25(58-13)39-9-32-17-22(39)34-27(31)35-24(17)44/h2-3,5,9,11-14,16,18-21,25-26,40-42H,4,6-8H2,1H3,(H,50,51)(H,52,53)(H2,30,33,45)(H,36,43,46)(H2,47,48,49)(H3,31,34,35,44)/t11-,12+,13+,14+,16+,18+,19+,20+,21+,25+,26+/m0/s1. The summed E-state index contributed by atoms with van der Waals surface area (Å²) in [5.41, 5.74) is 7.37. The van der Waals surface area contributed by atoms with Crippen molar-refractivity contribution < 1.29 is 85.4 Å². The summed E-state index contributed by atoms with van der Waals surface area (Å²) in [6.07, 6.45) is -16.2. The molecule has 7 heterocycles. The number of anilines is 2. The zero-order chi connectivity index (χ0) is 46.6. The average Bonchev–Trinajstić information content (AvgIpc) is 3.94. The number of aliphatic hydroxyl groups excluding tert-OH is 3. The molecule has 64 heavy (non-hydrogen) atoms. The summed E-state index contributed by atoms with van der Waals surface area (Å²) in [7, 11) is -16.0. The summed E-state index contributed by atoms with van der Waals surface area (Å²) in [6.45, 7) is -1.72. The first-order chi connectivity index (χ1) is 29.9. The molecule has 0 bridgehead atoms. The predicted octanol–water partition coefficient (Wildman–Crippen LogP) is -4.32. The molecule has 3 fully saturated rings. The summed E-state index contributed by atoms with van der Waals surface area (Å²) >= 11 is 0. The molecule has 0 aromatic carbocycles. The summed E-state index contributed by atoms with van der Waals surface area (Å²) < 4.78 is 83.0. The molecule has 3 saturated heterocycles. The molecule has 0 saturated carbocycles. The predicted molar refractivity (Wildman–Crippen MR) is 205 cm³/mol. The number of aromatic nitrogens is 8. The molecule has 0 amide bonds. The summed E-state index contributed by atoms with van der Waals surface area (Å²) in [6, 6.07) is 1.13. The van der Waals surface area contributed by atoms with Crippen LogP contribution in [0.25, 0.3) is 11.2 Å². The van der Waals surface area contributed by atoms with E-state index in [9.17, 15) is 67.8 Å². The fraction of sp³-hybridized carbons (Fsp3) is 0.552. The van der Waals surface area contributed by atoms with E-state index in [1.165, 1.54) is 6.92 Å². The van der Waals surface area contributed by atoms with Crippen molar-refractivity contribution in [3.05, 3.63) is 72.0 Å². The van der Waals surface area contributed by atoms with Crippen LogP contribution < -0.4 is 34.0 Å². The van der Waals surface area contributed by atoms with Crippen molar-refractivity contribution in [3.63, 3.8) is 0 Å². The van der Waals surface area contributed by atoms with Gasteiger partial charge in [0.1, 0.15) is 60.9 Å². The molecule has 4 aromatic heterocycles. The van der Waals surface area contributed by atoms with Crippen LogP contribution in [0.15, 0.2) is 44.0 Å². The SMILES string of the molecule is Cc1cn([C@H]2C[C@H](OP(=O)(O)OC[C@H]3O[C@@H](n4ccc(N)nc4=O)[C@H](O)[C@@H]3OP(=O)(O)OC[C@H]3O[C@@H](n4cnc5c(=O)[nH]c(N)nc54)[C@H](O)[C@@H]3O)[C@@H](COP(=O)(O)O)O2)c(=O)[nH]c1=O. The number of imidazole rings is 1. The first-order valence-corrected chi connectivity index (χ1v) is 22.8. The fourth-order valence-electron chi connectivity index (χ4n) is 6.88. The van der Waals surface area contributed by atoms with Crippen molar-refractivity contribution in [1.29, 1.82) is 0 Å². The van der Waals surface area contributed by atoms with Gasteiger partial charge in [-0.3, -0.25) is 55.9 Å². The lowest BCUT2D eigenvalue weighted by molar-refractivity contribution is -0.0632. The molecule has 0 aliphatic carbocycles. The van der Waals surface area contributed by atoms with E-state index in [2.05, 4.69) is 24.5 Å². The summed E-state index contributed by atoms with van der Waals surface area (Å²) in [4.78, 5) is 105. The van der Waals surface area contributed by atoms with Gasteiger partial charge >= 0.3 is 34.8 Å². The van der Waals surface area contributed by atoms with E-state index in [4.69, 9.17) is 43.8 Å². The van der Waals surface area contributed by atoms with E-state index < -0.39 is 140 Å².